The SMILES string of the molecule is [CH2]OC(=O)Cc1cc2cc(OCC(=O)OCOC(C)=O)c(N(CC(=O)OCOC(C)=O)CC(=O)OCOC(C)=O)cc2o1. The van der Waals surface area contributed by atoms with Crippen molar-refractivity contribution in [2.75, 3.05) is 45.0 Å². The van der Waals surface area contributed by atoms with Gasteiger partial charge in [-0.3, -0.25) is 28.8 Å². The number of esters is 7. The van der Waals surface area contributed by atoms with Crippen LogP contribution in [0.2, 0.25) is 0 Å². The highest BCUT2D eigenvalue weighted by molar-refractivity contribution is 5.90. The molecular weight excluding hydrogens is 582 g/mol. The summed E-state index contributed by atoms with van der Waals surface area (Å²) in [5, 5.41) is 0.383. The van der Waals surface area contributed by atoms with Gasteiger partial charge in [0.2, 0.25) is 20.4 Å². The van der Waals surface area contributed by atoms with Gasteiger partial charge in [0.25, 0.3) is 0 Å². The number of furan rings is 1. The Morgan fingerprint density at radius 2 is 1.21 bits per heavy atom. The predicted molar refractivity (Wildman–Crippen MR) is 137 cm³/mol. The van der Waals surface area contributed by atoms with E-state index in [2.05, 4.69) is 26.1 Å². The van der Waals surface area contributed by atoms with Gasteiger partial charge in [0.1, 0.15) is 43.7 Å². The van der Waals surface area contributed by atoms with Crippen molar-refractivity contribution < 1.29 is 75.9 Å². The molecular formula is C26H28NO16. The number of nitrogens with zero attached hydrogens (tertiary/aromatic N) is 1. The van der Waals surface area contributed by atoms with E-state index in [4.69, 9.17) is 23.4 Å². The molecule has 0 aliphatic heterocycles. The number of benzene rings is 1. The average Bonchev–Trinajstić information content (AvgIpc) is 3.31. The van der Waals surface area contributed by atoms with Crippen molar-refractivity contribution in [1.82, 2.24) is 0 Å². The van der Waals surface area contributed by atoms with Gasteiger partial charge in [-0.15, -0.1) is 0 Å². The van der Waals surface area contributed by atoms with Crippen LogP contribution in [0.15, 0.2) is 22.6 Å². The van der Waals surface area contributed by atoms with E-state index in [9.17, 15) is 33.6 Å². The summed E-state index contributed by atoms with van der Waals surface area (Å²) in [5.74, 6) is -5.57. The molecule has 0 spiro atoms. The quantitative estimate of drug-likeness (QED) is 0.145. The second-order valence-corrected chi connectivity index (χ2v) is 8.22. The molecule has 0 amide bonds. The smallest absolute Gasteiger partial charge is 0.347 e. The third-order valence-electron chi connectivity index (χ3n) is 4.90. The summed E-state index contributed by atoms with van der Waals surface area (Å²) >= 11 is 0. The fourth-order valence-corrected chi connectivity index (χ4v) is 3.10. The molecule has 0 aliphatic rings. The number of fused-ring (bicyclic) bond motifs is 1. The molecule has 43 heavy (non-hydrogen) atoms. The second kappa shape index (κ2) is 16.8. The zero-order valence-electron chi connectivity index (χ0n) is 23.4. The topological polar surface area (TPSA) is 210 Å². The standard InChI is InChI=1S/C26H28NO16/c1-15(28)37-12-40-24(32)9-27(10-25(33)41-13-38-16(2)29)20-8-21-18(5-19(43-21)7-23(31)35-4)6-22(20)36-11-26(34)42-14-39-17(3)30/h5-6,8H,4,7,9-14H2,1-3H3. The van der Waals surface area contributed by atoms with E-state index in [0.717, 1.165) is 25.7 Å². The lowest BCUT2D eigenvalue weighted by molar-refractivity contribution is -0.168. The van der Waals surface area contributed by atoms with E-state index in [0.29, 0.717) is 5.39 Å². The molecule has 233 valence electrons. The maximum absolute atomic E-state index is 12.6. The summed E-state index contributed by atoms with van der Waals surface area (Å²) in [7, 11) is 3.04. The third-order valence-corrected chi connectivity index (χ3v) is 4.90. The molecule has 0 unspecified atom stereocenters. The van der Waals surface area contributed by atoms with Gasteiger partial charge in [0.15, 0.2) is 6.61 Å². The van der Waals surface area contributed by atoms with E-state index >= 15 is 0 Å². The molecule has 0 atom stereocenters. The minimum atomic E-state index is -0.959. The Kier molecular flexibility index (Phi) is 13.2. The molecule has 0 N–H and O–H groups in total. The maximum atomic E-state index is 12.6. The van der Waals surface area contributed by atoms with Gasteiger partial charge in [-0.05, 0) is 12.1 Å². The van der Waals surface area contributed by atoms with Gasteiger partial charge >= 0.3 is 41.8 Å². The zero-order valence-corrected chi connectivity index (χ0v) is 23.4. The summed E-state index contributed by atoms with van der Waals surface area (Å²) in [6.07, 6.45) is -0.277. The molecule has 1 aromatic carbocycles. The number of ether oxygens (including phenoxy) is 8. The Morgan fingerprint density at radius 3 is 1.70 bits per heavy atom. The summed E-state index contributed by atoms with van der Waals surface area (Å²) in [6.45, 7) is -0.767. The molecule has 17 nitrogen and oxygen atoms in total. The van der Waals surface area contributed by atoms with E-state index < -0.39 is 81.9 Å². The molecule has 0 saturated carbocycles. The molecule has 2 rings (SSSR count). The predicted octanol–water partition coefficient (Wildman–Crippen LogP) is 0.687. The second-order valence-electron chi connectivity index (χ2n) is 8.22. The van der Waals surface area contributed by atoms with Crippen LogP contribution in [0, 0.1) is 7.11 Å². The fraction of sp³-hybridized carbons (Fsp3) is 0.385. The fourth-order valence-electron chi connectivity index (χ4n) is 3.10. The lowest BCUT2D eigenvalue weighted by atomic mass is 10.2. The largest absolute Gasteiger partial charge is 0.480 e. The Hall–Kier alpha value is -5.35. The van der Waals surface area contributed by atoms with Crippen LogP contribution in [-0.2, 0) is 73.1 Å². The van der Waals surface area contributed by atoms with Crippen molar-refractivity contribution in [3.63, 3.8) is 0 Å². The van der Waals surface area contributed by atoms with Crippen LogP contribution in [0.25, 0.3) is 11.0 Å². The van der Waals surface area contributed by atoms with Gasteiger partial charge in [-0.25, -0.2) is 4.79 Å². The normalized spacial score (nSPS) is 10.2. The van der Waals surface area contributed by atoms with Crippen LogP contribution < -0.4 is 9.64 Å². The molecule has 0 aliphatic carbocycles. The van der Waals surface area contributed by atoms with E-state index in [1.165, 1.54) is 18.2 Å². The first-order valence-electron chi connectivity index (χ1n) is 12.1. The molecule has 0 bridgehead atoms. The van der Waals surface area contributed by atoms with Crippen LogP contribution in [0.4, 0.5) is 5.69 Å². The van der Waals surface area contributed by atoms with Crippen molar-refractivity contribution in [3.05, 3.63) is 31.1 Å². The van der Waals surface area contributed by atoms with Crippen LogP contribution >= 0.6 is 0 Å². The Morgan fingerprint density at radius 1 is 0.698 bits per heavy atom. The van der Waals surface area contributed by atoms with E-state index in [1.807, 2.05) is 0 Å². The molecule has 1 heterocycles. The number of carbonyl (C=O) groups excluding carboxylic acids is 7. The van der Waals surface area contributed by atoms with Crippen LogP contribution in [0.3, 0.4) is 0 Å². The number of hydrogen-bond acceptors (Lipinski definition) is 17. The Labute approximate surface area is 243 Å². The lowest BCUT2D eigenvalue weighted by Gasteiger charge is -2.25. The maximum Gasteiger partial charge on any atom is 0.347 e. The third kappa shape index (κ3) is 12.4. The minimum Gasteiger partial charge on any atom is -0.480 e. The van der Waals surface area contributed by atoms with Gasteiger partial charge in [0, 0.05) is 32.2 Å². The highest BCUT2D eigenvalue weighted by Gasteiger charge is 2.24. The molecule has 0 saturated heterocycles. The molecule has 1 aromatic heterocycles. The van der Waals surface area contributed by atoms with E-state index in [-0.39, 0.29) is 29.2 Å². The first-order valence-corrected chi connectivity index (χ1v) is 12.1. The van der Waals surface area contributed by atoms with Crippen molar-refractivity contribution in [1.29, 1.82) is 0 Å². The van der Waals surface area contributed by atoms with Crippen LogP contribution in [-0.4, -0.2) is 81.9 Å². The summed E-state index contributed by atoms with van der Waals surface area (Å²) in [5.41, 5.74) is 0.160. The molecule has 0 fully saturated rings. The van der Waals surface area contributed by atoms with Gasteiger partial charge in [0.05, 0.1) is 5.69 Å². The highest BCUT2D eigenvalue weighted by Crippen LogP contribution is 2.35. The van der Waals surface area contributed by atoms with E-state index in [1.54, 1.807) is 0 Å². The Bertz CT molecular complexity index is 1310. The zero-order chi connectivity index (χ0) is 31.9. The Balaban J connectivity index is 2.42. The molecule has 2 aromatic rings. The lowest BCUT2D eigenvalue weighted by Crippen LogP contribution is -2.37. The summed E-state index contributed by atoms with van der Waals surface area (Å²) < 4.78 is 43.9. The molecule has 1 radical (unpaired) electrons. The highest BCUT2D eigenvalue weighted by atomic mass is 16.7. The van der Waals surface area contributed by atoms with Gasteiger partial charge in [-0.2, -0.15) is 0 Å². The summed E-state index contributed by atoms with van der Waals surface area (Å²) in [4.78, 5) is 82.9. The number of carbonyl (C=O) groups is 7. The first-order chi connectivity index (χ1) is 20.4. The van der Waals surface area contributed by atoms with Crippen molar-refractivity contribution >= 4 is 58.4 Å². The van der Waals surface area contributed by atoms with Crippen LogP contribution in [0.5, 0.6) is 5.75 Å². The monoisotopic (exact) mass is 610 g/mol. The minimum absolute atomic E-state index is 0.00482. The number of rotatable bonds is 16. The average molecular weight is 611 g/mol. The van der Waals surface area contributed by atoms with Crippen molar-refractivity contribution in [2.45, 2.75) is 27.2 Å². The van der Waals surface area contributed by atoms with Crippen molar-refractivity contribution in [2.24, 2.45) is 0 Å². The van der Waals surface area contributed by atoms with Crippen LogP contribution in [0.1, 0.15) is 26.5 Å². The molecule has 17 heteroatoms. The van der Waals surface area contributed by atoms with Gasteiger partial charge in [-0.1, -0.05) is 0 Å². The van der Waals surface area contributed by atoms with Gasteiger partial charge < -0.3 is 47.2 Å². The first kappa shape index (κ1) is 33.9. The number of hydrogen-bond donors (Lipinski definition) is 0. The summed E-state index contributed by atoms with van der Waals surface area (Å²) in [6, 6.07) is 4.20. The number of anilines is 1. The van der Waals surface area contributed by atoms with Crippen molar-refractivity contribution in [3.8, 4) is 5.75 Å².